The highest BCUT2D eigenvalue weighted by molar-refractivity contribution is 5.92. The summed E-state index contributed by atoms with van der Waals surface area (Å²) in [4.78, 5) is 18.4. The molecule has 1 atom stereocenters. The number of nitrogens with zero attached hydrogens (tertiary/aromatic N) is 4. The van der Waals surface area contributed by atoms with Crippen LogP contribution in [0.3, 0.4) is 0 Å². The number of pyridine rings is 1. The normalized spacial score (nSPS) is 18.5. The van der Waals surface area contributed by atoms with Crippen LogP contribution in [0.1, 0.15) is 18.4 Å². The van der Waals surface area contributed by atoms with E-state index in [0.717, 1.165) is 31.6 Å². The molecular weight excluding hydrogens is 278 g/mol. The summed E-state index contributed by atoms with van der Waals surface area (Å²) in [7, 11) is 0. The first kappa shape index (κ1) is 14.7. The van der Waals surface area contributed by atoms with Crippen molar-refractivity contribution < 1.29 is 4.79 Å². The van der Waals surface area contributed by atoms with Gasteiger partial charge in [0.2, 0.25) is 5.91 Å². The van der Waals surface area contributed by atoms with Gasteiger partial charge < -0.3 is 5.32 Å². The highest BCUT2D eigenvalue weighted by Gasteiger charge is 2.26. The zero-order valence-corrected chi connectivity index (χ0v) is 12.8. The Bertz CT molecular complexity index is 624. The van der Waals surface area contributed by atoms with Gasteiger partial charge in [-0.2, -0.15) is 5.10 Å². The van der Waals surface area contributed by atoms with Crippen molar-refractivity contribution in [3.05, 3.63) is 42.5 Å². The van der Waals surface area contributed by atoms with Crippen molar-refractivity contribution in [3.63, 3.8) is 0 Å². The molecule has 6 nitrogen and oxygen atoms in total. The summed E-state index contributed by atoms with van der Waals surface area (Å²) in [5, 5.41) is 7.23. The maximum Gasteiger partial charge on any atom is 0.238 e. The fraction of sp³-hybridized carbons (Fsp3) is 0.438. The zero-order chi connectivity index (χ0) is 15.4. The van der Waals surface area contributed by atoms with Gasteiger partial charge in [-0.25, -0.2) is 0 Å². The SMILES string of the molecule is Cc1cnn(C[C@@H]2CCCN2CC(=O)Nc2cccnc2)c1. The van der Waals surface area contributed by atoms with Gasteiger partial charge in [0.1, 0.15) is 0 Å². The number of likely N-dealkylation sites (tertiary alicyclic amines) is 1. The monoisotopic (exact) mass is 299 g/mol. The second kappa shape index (κ2) is 6.70. The van der Waals surface area contributed by atoms with E-state index in [4.69, 9.17) is 0 Å². The molecule has 3 rings (SSSR count). The van der Waals surface area contributed by atoms with Crippen LogP contribution in [0.4, 0.5) is 5.69 Å². The quantitative estimate of drug-likeness (QED) is 0.912. The lowest BCUT2D eigenvalue weighted by Gasteiger charge is -2.23. The highest BCUT2D eigenvalue weighted by Crippen LogP contribution is 2.18. The number of amides is 1. The van der Waals surface area contributed by atoms with Crippen molar-refractivity contribution in [2.75, 3.05) is 18.4 Å². The Labute approximate surface area is 130 Å². The van der Waals surface area contributed by atoms with Crippen LogP contribution in [-0.4, -0.2) is 44.7 Å². The summed E-state index contributed by atoms with van der Waals surface area (Å²) in [6.07, 6.45) is 9.51. The second-order valence-corrected chi connectivity index (χ2v) is 5.80. The van der Waals surface area contributed by atoms with Crippen LogP contribution in [0.15, 0.2) is 36.9 Å². The van der Waals surface area contributed by atoms with E-state index in [1.54, 1.807) is 12.4 Å². The molecule has 116 valence electrons. The third-order valence-electron chi connectivity index (χ3n) is 3.95. The average Bonchev–Trinajstić information content (AvgIpc) is 3.10. The van der Waals surface area contributed by atoms with Crippen LogP contribution in [-0.2, 0) is 11.3 Å². The first-order valence-electron chi connectivity index (χ1n) is 7.64. The summed E-state index contributed by atoms with van der Waals surface area (Å²) in [6.45, 7) is 4.26. The van der Waals surface area contributed by atoms with Crippen molar-refractivity contribution in [2.24, 2.45) is 0 Å². The summed E-state index contributed by atoms with van der Waals surface area (Å²) in [6, 6.07) is 4.03. The summed E-state index contributed by atoms with van der Waals surface area (Å²) in [5.41, 5.74) is 1.91. The molecule has 1 amide bonds. The van der Waals surface area contributed by atoms with E-state index in [9.17, 15) is 4.79 Å². The van der Waals surface area contributed by atoms with E-state index in [0.29, 0.717) is 12.6 Å². The first-order chi connectivity index (χ1) is 10.7. The Morgan fingerprint density at radius 1 is 1.45 bits per heavy atom. The highest BCUT2D eigenvalue weighted by atomic mass is 16.2. The van der Waals surface area contributed by atoms with Gasteiger partial charge in [0.25, 0.3) is 0 Å². The van der Waals surface area contributed by atoms with E-state index < -0.39 is 0 Å². The van der Waals surface area contributed by atoms with Gasteiger partial charge in [-0.15, -0.1) is 0 Å². The molecule has 2 aromatic rings. The van der Waals surface area contributed by atoms with Crippen LogP contribution in [0.2, 0.25) is 0 Å². The summed E-state index contributed by atoms with van der Waals surface area (Å²) < 4.78 is 1.97. The van der Waals surface area contributed by atoms with Crippen LogP contribution < -0.4 is 5.32 Å². The van der Waals surface area contributed by atoms with Gasteiger partial charge in [0, 0.05) is 18.4 Å². The maximum absolute atomic E-state index is 12.2. The van der Waals surface area contributed by atoms with Crippen LogP contribution in [0, 0.1) is 6.92 Å². The molecule has 0 aromatic carbocycles. The van der Waals surface area contributed by atoms with Crippen molar-refractivity contribution >= 4 is 11.6 Å². The Balaban J connectivity index is 1.55. The van der Waals surface area contributed by atoms with E-state index in [2.05, 4.69) is 20.3 Å². The third-order valence-corrected chi connectivity index (χ3v) is 3.95. The van der Waals surface area contributed by atoms with Gasteiger partial charge in [0.15, 0.2) is 0 Å². The lowest BCUT2D eigenvalue weighted by molar-refractivity contribution is -0.117. The number of nitrogens with one attached hydrogen (secondary N) is 1. The molecule has 3 heterocycles. The predicted octanol–water partition coefficient (Wildman–Crippen LogP) is 1.69. The average molecular weight is 299 g/mol. The Morgan fingerprint density at radius 3 is 3.09 bits per heavy atom. The van der Waals surface area contributed by atoms with E-state index in [-0.39, 0.29) is 5.91 Å². The minimum Gasteiger partial charge on any atom is -0.324 e. The fourth-order valence-corrected chi connectivity index (χ4v) is 2.91. The number of carbonyl (C=O) groups is 1. The molecule has 2 aromatic heterocycles. The smallest absolute Gasteiger partial charge is 0.238 e. The minimum absolute atomic E-state index is 0.0107. The van der Waals surface area contributed by atoms with Crippen LogP contribution in [0.25, 0.3) is 0 Å². The minimum atomic E-state index is 0.0107. The number of rotatable bonds is 5. The number of aryl methyl sites for hydroxylation is 1. The van der Waals surface area contributed by atoms with Crippen LogP contribution in [0.5, 0.6) is 0 Å². The first-order valence-corrected chi connectivity index (χ1v) is 7.64. The fourth-order valence-electron chi connectivity index (χ4n) is 2.91. The summed E-state index contributed by atoms with van der Waals surface area (Å²) in [5.74, 6) is 0.0107. The molecule has 1 aliphatic rings. The molecular formula is C16H21N5O. The molecule has 0 aliphatic carbocycles. The molecule has 6 heteroatoms. The molecule has 1 saturated heterocycles. The molecule has 22 heavy (non-hydrogen) atoms. The predicted molar refractivity (Wildman–Crippen MR) is 84.4 cm³/mol. The van der Waals surface area contributed by atoms with Crippen molar-refractivity contribution in [1.29, 1.82) is 0 Å². The van der Waals surface area contributed by atoms with Crippen molar-refractivity contribution in [2.45, 2.75) is 32.4 Å². The Hall–Kier alpha value is -2.21. The van der Waals surface area contributed by atoms with Crippen molar-refractivity contribution in [3.8, 4) is 0 Å². The van der Waals surface area contributed by atoms with Gasteiger partial charge in [0.05, 0.1) is 31.2 Å². The standard InChI is InChI=1S/C16H21N5O/c1-13-8-18-21(10-13)11-15-5-3-7-20(15)12-16(22)19-14-4-2-6-17-9-14/h2,4,6,8-10,15H,3,5,7,11-12H2,1H3,(H,19,22)/t15-/m0/s1. The van der Waals surface area contributed by atoms with Crippen LogP contribution >= 0.6 is 0 Å². The largest absolute Gasteiger partial charge is 0.324 e. The molecule has 0 unspecified atom stereocenters. The summed E-state index contributed by atoms with van der Waals surface area (Å²) >= 11 is 0. The molecule has 0 bridgehead atoms. The topological polar surface area (TPSA) is 63.1 Å². The molecule has 0 saturated carbocycles. The molecule has 0 spiro atoms. The molecule has 1 fully saturated rings. The second-order valence-electron chi connectivity index (χ2n) is 5.80. The molecule has 0 radical (unpaired) electrons. The number of anilines is 1. The van der Waals surface area contributed by atoms with Gasteiger partial charge in [-0.3, -0.25) is 19.4 Å². The Morgan fingerprint density at radius 2 is 2.36 bits per heavy atom. The van der Waals surface area contributed by atoms with E-state index in [1.807, 2.05) is 36.1 Å². The number of carbonyl (C=O) groups excluding carboxylic acids is 1. The molecule has 1 aliphatic heterocycles. The lowest BCUT2D eigenvalue weighted by atomic mass is 10.2. The van der Waals surface area contributed by atoms with Crippen molar-refractivity contribution in [1.82, 2.24) is 19.7 Å². The molecule has 1 N–H and O–H groups in total. The van der Waals surface area contributed by atoms with Gasteiger partial charge in [-0.05, 0) is 44.0 Å². The third kappa shape index (κ3) is 3.71. The van der Waals surface area contributed by atoms with Gasteiger partial charge >= 0.3 is 0 Å². The number of hydrogen-bond donors (Lipinski definition) is 1. The Kier molecular flexibility index (Phi) is 4.48. The number of aromatic nitrogens is 3. The van der Waals surface area contributed by atoms with Gasteiger partial charge in [-0.1, -0.05) is 0 Å². The number of hydrogen-bond acceptors (Lipinski definition) is 4. The lowest BCUT2D eigenvalue weighted by Crippen LogP contribution is -2.39. The maximum atomic E-state index is 12.2. The van der Waals surface area contributed by atoms with E-state index >= 15 is 0 Å². The zero-order valence-electron chi connectivity index (χ0n) is 12.8. The van der Waals surface area contributed by atoms with E-state index in [1.165, 1.54) is 5.56 Å².